The van der Waals surface area contributed by atoms with E-state index in [1.54, 1.807) is 23.0 Å². The molecule has 1 N–H and O–H groups in total. The summed E-state index contributed by atoms with van der Waals surface area (Å²) in [4.78, 5) is 28.1. The molecule has 2 aromatic rings. The third-order valence-corrected chi connectivity index (χ3v) is 3.33. The van der Waals surface area contributed by atoms with Crippen LogP contribution in [0.15, 0.2) is 30.6 Å². The smallest absolute Gasteiger partial charge is 0.342 e. The number of hydrogen-bond donors (Lipinski definition) is 1. The molecule has 2 aromatic heterocycles. The summed E-state index contributed by atoms with van der Waals surface area (Å²) >= 11 is 0. The van der Waals surface area contributed by atoms with Crippen LogP contribution in [0.3, 0.4) is 0 Å². The maximum atomic E-state index is 12.3. The Balaban J connectivity index is 2.11. The van der Waals surface area contributed by atoms with Crippen LogP contribution in [0, 0.1) is 11.3 Å². The third-order valence-electron chi connectivity index (χ3n) is 3.33. The van der Waals surface area contributed by atoms with Crippen molar-refractivity contribution in [1.29, 1.82) is 5.26 Å². The van der Waals surface area contributed by atoms with Crippen molar-refractivity contribution in [3.05, 3.63) is 41.9 Å². The number of nitriles is 1. The topological polar surface area (TPSA) is 110 Å². The summed E-state index contributed by atoms with van der Waals surface area (Å²) in [7, 11) is 0. The van der Waals surface area contributed by atoms with Gasteiger partial charge in [-0.1, -0.05) is 19.9 Å². The predicted octanol–water partition coefficient (Wildman–Crippen LogP) is 1.58. The molecule has 25 heavy (non-hydrogen) atoms. The molecule has 130 valence electrons. The number of carbonyl (C=O) groups excluding carboxylic acids is 2. The maximum Gasteiger partial charge on any atom is 0.342 e. The van der Waals surface area contributed by atoms with Gasteiger partial charge in [-0.05, 0) is 18.1 Å². The van der Waals surface area contributed by atoms with Crippen molar-refractivity contribution in [3.63, 3.8) is 0 Å². The highest BCUT2D eigenvalue weighted by Gasteiger charge is 2.23. The van der Waals surface area contributed by atoms with Crippen LogP contribution in [-0.2, 0) is 9.53 Å². The van der Waals surface area contributed by atoms with Gasteiger partial charge in [-0.25, -0.2) is 14.5 Å². The van der Waals surface area contributed by atoms with E-state index in [-0.39, 0.29) is 18.9 Å². The van der Waals surface area contributed by atoms with E-state index in [0.29, 0.717) is 17.1 Å². The van der Waals surface area contributed by atoms with Gasteiger partial charge < -0.3 is 10.1 Å². The number of carbonyl (C=O) groups is 2. The van der Waals surface area contributed by atoms with Gasteiger partial charge in [-0.3, -0.25) is 4.79 Å². The van der Waals surface area contributed by atoms with Crippen LogP contribution in [0.2, 0.25) is 0 Å². The Labute approximate surface area is 145 Å². The molecule has 0 saturated heterocycles. The fraction of sp³-hybridized carbons (Fsp3) is 0.353. The van der Waals surface area contributed by atoms with Crippen molar-refractivity contribution in [2.45, 2.75) is 26.2 Å². The third kappa shape index (κ3) is 4.64. The number of pyridine rings is 1. The fourth-order valence-corrected chi connectivity index (χ4v) is 2.25. The first-order valence-corrected chi connectivity index (χ1v) is 7.84. The van der Waals surface area contributed by atoms with Crippen LogP contribution in [0.5, 0.6) is 0 Å². The molecule has 0 aliphatic carbocycles. The zero-order chi connectivity index (χ0) is 18.2. The Morgan fingerprint density at radius 2 is 2.20 bits per heavy atom. The van der Waals surface area contributed by atoms with E-state index in [9.17, 15) is 9.59 Å². The van der Waals surface area contributed by atoms with E-state index in [4.69, 9.17) is 10.00 Å². The number of amides is 1. The van der Waals surface area contributed by atoms with Gasteiger partial charge in [0.2, 0.25) is 0 Å². The van der Waals surface area contributed by atoms with Gasteiger partial charge in [0.1, 0.15) is 5.56 Å². The summed E-state index contributed by atoms with van der Waals surface area (Å²) in [5, 5.41) is 15.1. The minimum atomic E-state index is -0.624. The van der Waals surface area contributed by atoms with Crippen molar-refractivity contribution in [3.8, 4) is 11.9 Å². The normalized spacial score (nSPS) is 10.3. The summed E-state index contributed by atoms with van der Waals surface area (Å²) in [5.74, 6) is -0.482. The van der Waals surface area contributed by atoms with Gasteiger partial charge in [0.15, 0.2) is 12.4 Å². The van der Waals surface area contributed by atoms with Crippen LogP contribution in [-0.4, -0.2) is 39.8 Å². The van der Waals surface area contributed by atoms with Crippen molar-refractivity contribution in [2.75, 3.05) is 13.2 Å². The van der Waals surface area contributed by atoms with Crippen molar-refractivity contribution in [2.24, 2.45) is 0 Å². The highest BCUT2D eigenvalue weighted by molar-refractivity contribution is 5.92. The number of nitrogens with zero attached hydrogens (tertiary/aromatic N) is 4. The van der Waals surface area contributed by atoms with E-state index < -0.39 is 18.5 Å². The Kier molecular flexibility index (Phi) is 6.23. The van der Waals surface area contributed by atoms with Gasteiger partial charge >= 0.3 is 5.97 Å². The summed E-state index contributed by atoms with van der Waals surface area (Å²) in [6.07, 6.45) is 3.26. The first-order valence-electron chi connectivity index (χ1n) is 7.84. The number of hydrogen-bond acceptors (Lipinski definition) is 6. The largest absolute Gasteiger partial charge is 0.452 e. The van der Waals surface area contributed by atoms with Gasteiger partial charge in [0.25, 0.3) is 5.91 Å². The second-order valence-corrected chi connectivity index (χ2v) is 5.53. The van der Waals surface area contributed by atoms with Crippen LogP contribution in [0.25, 0.3) is 5.82 Å². The van der Waals surface area contributed by atoms with Crippen LogP contribution in [0.4, 0.5) is 0 Å². The molecular formula is C17H19N5O3. The molecule has 0 aliphatic heterocycles. The first-order chi connectivity index (χ1) is 12.0. The lowest BCUT2D eigenvalue weighted by atomic mass is 10.1. The molecule has 2 rings (SSSR count). The highest BCUT2D eigenvalue weighted by Crippen LogP contribution is 2.22. The Morgan fingerprint density at radius 3 is 2.84 bits per heavy atom. The summed E-state index contributed by atoms with van der Waals surface area (Å²) in [6, 6.07) is 7.33. The Morgan fingerprint density at radius 1 is 1.40 bits per heavy atom. The molecule has 0 aromatic carbocycles. The fourth-order valence-electron chi connectivity index (χ4n) is 2.25. The van der Waals surface area contributed by atoms with Gasteiger partial charge in [-0.15, -0.1) is 0 Å². The molecular weight excluding hydrogens is 322 g/mol. The molecule has 0 radical (unpaired) electrons. The molecule has 8 nitrogen and oxygen atoms in total. The number of aromatic nitrogens is 3. The number of ether oxygens (including phenoxy) is 1. The Bertz CT molecular complexity index is 777. The quantitative estimate of drug-likeness (QED) is 0.605. The molecule has 0 bridgehead atoms. The predicted molar refractivity (Wildman–Crippen MR) is 89.0 cm³/mol. The zero-order valence-electron chi connectivity index (χ0n) is 14.1. The lowest BCUT2D eigenvalue weighted by molar-refractivity contribution is -0.124. The molecule has 8 heteroatoms. The average Bonchev–Trinajstić information content (AvgIpc) is 3.06. The molecule has 0 saturated carbocycles. The molecule has 0 unspecified atom stereocenters. The second kappa shape index (κ2) is 8.59. The number of rotatable bonds is 7. The first kappa shape index (κ1) is 18.1. The van der Waals surface area contributed by atoms with E-state index in [1.165, 1.54) is 6.20 Å². The SMILES string of the molecule is CC(C)c1c(C(=O)OCC(=O)NCCC#N)cnn1-c1ccccn1. The molecule has 0 fully saturated rings. The number of nitrogens with one attached hydrogen (secondary N) is 1. The standard InChI is InChI=1S/C17H19N5O3/c1-12(2)16-13(10-21-22(16)14-6-3-4-8-19-14)17(24)25-11-15(23)20-9-5-7-18/h3-4,6,8,10,12H,5,9,11H2,1-2H3,(H,20,23). The maximum absolute atomic E-state index is 12.3. The zero-order valence-corrected chi connectivity index (χ0v) is 14.1. The summed E-state index contributed by atoms with van der Waals surface area (Å²) in [6.45, 7) is 3.68. The molecule has 0 spiro atoms. The van der Waals surface area contributed by atoms with E-state index in [1.807, 2.05) is 26.0 Å². The summed E-state index contributed by atoms with van der Waals surface area (Å²) in [5.41, 5.74) is 0.957. The molecule has 0 atom stereocenters. The van der Waals surface area contributed by atoms with Crippen molar-refractivity contribution >= 4 is 11.9 Å². The Hall–Kier alpha value is -3.21. The molecule has 2 heterocycles. The lowest BCUT2D eigenvalue weighted by Gasteiger charge is -2.12. The minimum Gasteiger partial charge on any atom is -0.452 e. The van der Waals surface area contributed by atoms with Crippen molar-refractivity contribution < 1.29 is 14.3 Å². The van der Waals surface area contributed by atoms with Gasteiger partial charge in [0.05, 0.1) is 24.4 Å². The second-order valence-electron chi connectivity index (χ2n) is 5.53. The van der Waals surface area contributed by atoms with Crippen molar-refractivity contribution in [1.82, 2.24) is 20.1 Å². The molecule has 1 amide bonds. The monoisotopic (exact) mass is 341 g/mol. The van der Waals surface area contributed by atoms with Crippen LogP contribution in [0.1, 0.15) is 42.2 Å². The highest BCUT2D eigenvalue weighted by atomic mass is 16.5. The van der Waals surface area contributed by atoms with E-state index >= 15 is 0 Å². The van der Waals surface area contributed by atoms with Crippen LogP contribution < -0.4 is 5.32 Å². The van der Waals surface area contributed by atoms with Crippen LogP contribution >= 0.6 is 0 Å². The van der Waals surface area contributed by atoms with Gasteiger partial charge in [-0.2, -0.15) is 10.4 Å². The summed E-state index contributed by atoms with van der Waals surface area (Å²) < 4.78 is 6.64. The van der Waals surface area contributed by atoms with E-state index in [0.717, 1.165) is 0 Å². The van der Waals surface area contributed by atoms with E-state index in [2.05, 4.69) is 15.4 Å². The average molecular weight is 341 g/mol. The minimum absolute atomic E-state index is 0.00323. The van der Waals surface area contributed by atoms with Gasteiger partial charge in [0, 0.05) is 12.7 Å². The molecule has 0 aliphatic rings. The lowest BCUT2D eigenvalue weighted by Crippen LogP contribution is -2.29. The number of esters is 1.